The fourth-order valence-corrected chi connectivity index (χ4v) is 2.65. The topological polar surface area (TPSA) is 105 Å². The number of benzene rings is 2. The molecule has 27 heavy (non-hydrogen) atoms. The number of hydrogen-bond donors (Lipinski definition) is 2. The van der Waals surface area contributed by atoms with Gasteiger partial charge in [0.25, 0.3) is 0 Å². The minimum Gasteiger partial charge on any atom is -0.505 e. The summed E-state index contributed by atoms with van der Waals surface area (Å²) < 4.78 is 11.5. The lowest BCUT2D eigenvalue weighted by atomic mass is 10.0. The van der Waals surface area contributed by atoms with Crippen molar-refractivity contribution in [2.75, 3.05) is 6.61 Å². The molecule has 0 saturated carbocycles. The van der Waals surface area contributed by atoms with Crippen LogP contribution in [0.5, 0.6) is 11.5 Å². The Bertz CT molecular complexity index is 905. The van der Waals surface area contributed by atoms with Gasteiger partial charge in [-0.15, -0.1) is 0 Å². The molecule has 0 spiro atoms. The number of ketones is 1. The van der Waals surface area contributed by atoms with Crippen LogP contribution in [0.1, 0.15) is 40.5 Å². The number of carboxylic acids is 1. The molecule has 2 N–H and O–H groups in total. The third-order valence-electron chi connectivity index (χ3n) is 4.07. The number of carbonyl (C=O) groups excluding carboxylic acids is 1. The number of nitrogens with zero attached hydrogens (tertiary/aromatic N) is 1. The van der Waals surface area contributed by atoms with Gasteiger partial charge in [-0.2, -0.15) is 0 Å². The number of hydrogen-bond acceptors (Lipinski definition) is 6. The smallest absolute Gasteiger partial charge is 0.339 e. The van der Waals surface area contributed by atoms with E-state index in [0.29, 0.717) is 17.9 Å². The van der Waals surface area contributed by atoms with Crippen LogP contribution in [0.3, 0.4) is 0 Å². The second kappa shape index (κ2) is 8.01. The first-order valence-electron chi connectivity index (χ1n) is 8.58. The average molecular weight is 369 g/mol. The zero-order valence-corrected chi connectivity index (χ0v) is 14.7. The number of aromatic hydroxyl groups is 1. The van der Waals surface area contributed by atoms with Crippen molar-refractivity contribution in [2.24, 2.45) is 4.99 Å². The Morgan fingerprint density at radius 2 is 2.00 bits per heavy atom. The zero-order chi connectivity index (χ0) is 19.4. The van der Waals surface area contributed by atoms with E-state index >= 15 is 0 Å². The first-order chi connectivity index (χ1) is 13.0. The summed E-state index contributed by atoms with van der Waals surface area (Å²) in [6.45, 7) is 2.38. The van der Waals surface area contributed by atoms with Gasteiger partial charge in [0.1, 0.15) is 17.0 Å². The van der Waals surface area contributed by atoms with Crippen molar-refractivity contribution < 1.29 is 29.3 Å². The van der Waals surface area contributed by atoms with E-state index in [2.05, 4.69) is 4.99 Å². The van der Waals surface area contributed by atoms with Gasteiger partial charge in [0.15, 0.2) is 11.5 Å². The molecule has 3 rings (SSSR count). The Labute approximate surface area is 155 Å². The fourth-order valence-electron chi connectivity index (χ4n) is 2.65. The van der Waals surface area contributed by atoms with Crippen molar-refractivity contribution in [3.05, 3.63) is 53.6 Å². The molecule has 2 aromatic carbocycles. The van der Waals surface area contributed by atoms with Crippen LogP contribution < -0.4 is 4.74 Å². The van der Waals surface area contributed by atoms with Gasteiger partial charge in [0.2, 0.25) is 12.1 Å². The van der Waals surface area contributed by atoms with Crippen molar-refractivity contribution >= 4 is 23.2 Å². The molecule has 0 saturated heterocycles. The highest BCUT2D eigenvalue weighted by Gasteiger charge is 2.34. The monoisotopic (exact) mass is 369 g/mol. The van der Waals surface area contributed by atoms with E-state index in [-0.39, 0.29) is 17.0 Å². The van der Waals surface area contributed by atoms with Gasteiger partial charge in [-0.3, -0.25) is 4.79 Å². The molecule has 7 nitrogen and oxygen atoms in total. The van der Waals surface area contributed by atoms with E-state index in [1.807, 2.05) is 6.92 Å². The number of fused-ring (bicyclic) bond motifs is 1. The summed E-state index contributed by atoms with van der Waals surface area (Å²) in [5.41, 5.74) is -0.0432. The Balaban J connectivity index is 2.04. The molecule has 1 atom stereocenters. The minimum atomic E-state index is -1.29. The molecule has 0 radical (unpaired) electrons. The maximum absolute atomic E-state index is 12.9. The quantitative estimate of drug-likeness (QED) is 0.754. The predicted octanol–water partition coefficient (Wildman–Crippen LogP) is 3.58. The van der Waals surface area contributed by atoms with Crippen LogP contribution in [0.4, 0.5) is 5.69 Å². The standard InChI is InChI=1S/C20H19NO6/c1-2-3-11-26-20-16(18(23)12-7-4-5-10-15(12)27-20)21-14-9-6-8-13(17(14)22)19(24)25/h4-10,20,22H,2-3,11H2,1H3,(H,24,25). The lowest BCUT2D eigenvalue weighted by molar-refractivity contribution is -0.0352. The maximum atomic E-state index is 12.9. The number of unbranched alkanes of at least 4 members (excludes halogenated alkanes) is 1. The van der Waals surface area contributed by atoms with Crippen LogP contribution in [-0.2, 0) is 4.74 Å². The van der Waals surface area contributed by atoms with Gasteiger partial charge in [0, 0.05) is 0 Å². The van der Waals surface area contributed by atoms with Crippen LogP contribution in [0.25, 0.3) is 0 Å². The number of carbonyl (C=O) groups is 2. The molecule has 1 unspecified atom stereocenters. The summed E-state index contributed by atoms with van der Waals surface area (Å²) in [6.07, 6.45) is 0.653. The molecular formula is C20H19NO6. The van der Waals surface area contributed by atoms with Crippen molar-refractivity contribution in [1.82, 2.24) is 0 Å². The highest BCUT2D eigenvalue weighted by Crippen LogP contribution is 2.33. The van der Waals surface area contributed by atoms with E-state index in [1.165, 1.54) is 18.2 Å². The van der Waals surface area contributed by atoms with E-state index < -0.39 is 23.8 Å². The van der Waals surface area contributed by atoms with E-state index in [9.17, 15) is 14.7 Å². The number of aliphatic imine (C=N–C) groups is 1. The molecule has 0 aromatic heterocycles. The highest BCUT2D eigenvalue weighted by atomic mass is 16.7. The van der Waals surface area contributed by atoms with Crippen LogP contribution in [-0.4, -0.2) is 40.6 Å². The van der Waals surface area contributed by atoms with Crippen LogP contribution >= 0.6 is 0 Å². The first-order valence-corrected chi connectivity index (χ1v) is 8.58. The first kappa shape index (κ1) is 18.6. The highest BCUT2D eigenvalue weighted by molar-refractivity contribution is 6.48. The molecule has 1 aliphatic heterocycles. The average Bonchev–Trinajstić information content (AvgIpc) is 2.66. The lowest BCUT2D eigenvalue weighted by Gasteiger charge is -2.26. The molecular weight excluding hydrogens is 350 g/mol. The Morgan fingerprint density at radius 1 is 1.22 bits per heavy atom. The summed E-state index contributed by atoms with van der Waals surface area (Å²) in [5, 5.41) is 19.3. The fraction of sp³-hybridized carbons (Fsp3) is 0.250. The molecule has 0 amide bonds. The molecule has 1 aliphatic rings. The van der Waals surface area contributed by atoms with E-state index in [1.54, 1.807) is 24.3 Å². The molecule has 1 heterocycles. The predicted molar refractivity (Wildman–Crippen MR) is 98.2 cm³/mol. The van der Waals surface area contributed by atoms with Gasteiger partial charge in [-0.25, -0.2) is 9.79 Å². The number of carboxylic acid groups (broad SMARTS) is 1. The summed E-state index contributed by atoms with van der Waals surface area (Å²) in [4.78, 5) is 28.3. The minimum absolute atomic E-state index is 0.0367. The van der Waals surface area contributed by atoms with Crippen LogP contribution in [0.2, 0.25) is 0 Å². The number of para-hydroxylation sites is 2. The van der Waals surface area contributed by atoms with E-state index in [0.717, 1.165) is 12.8 Å². The summed E-state index contributed by atoms with van der Waals surface area (Å²) >= 11 is 0. The number of rotatable bonds is 6. The Kier molecular flexibility index (Phi) is 5.52. The third kappa shape index (κ3) is 3.83. The largest absolute Gasteiger partial charge is 0.505 e. The second-order valence-corrected chi connectivity index (χ2v) is 5.97. The Hall–Kier alpha value is -3.19. The van der Waals surface area contributed by atoms with Crippen LogP contribution in [0.15, 0.2) is 47.5 Å². The molecule has 2 aromatic rings. The number of aromatic carboxylic acids is 1. The number of Topliss-reactive ketones (excluding diaryl/α,β-unsaturated/α-hetero) is 1. The van der Waals surface area contributed by atoms with Crippen molar-refractivity contribution in [3.8, 4) is 11.5 Å². The maximum Gasteiger partial charge on any atom is 0.339 e. The van der Waals surface area contributed by atoms with Gasteiger partial charge in [-0.05, 0) is 30.7 Å². The third-order valence-corrected chi connectivity index (χ3v) is 4.07. The molecule has 7 heteroatoms. The van der Waals surface area contributed by atoms with Crippen LogP contribution in [0, 0.1) is 0 Å². The van der Waals surface area contributed by atoms with Gasteiger partial charge in [0.05, 0.1) is 12.2 Å². The number of ether oxygens (including phenoxy) is 2. The normalized spacial score (nSPS) is 17.4. The molecule has 0 fully saturated rings. The zero-order valence-electron chi connectivity index (χ0n) is 14.7. The summed E-state index contributed by atoms with van der Waals surface area (Å²) in [7, 11) is 0. The van der Waals surface area contributed by atoms with Crippen molar-refractivity contribution in [3.63, 3.8) is 0 Å². The molecule has 0 bridgehead atoms. The second-order valence-electron chi connectivity index (χ2n) is 5.97. The van der Waals surface area contributed by atoms with Crippen molar-refractivity contribution in [1.29, 1.82) is 0 Å². The number of phenols is 1. The van der Waals surface area contributed by atoms with Crippen molar-refractivity contribution in [2.45, 2.75) is 26.1 Å². The molecule has 140 valence electrons. The van der Waals surface area contributed by atoms with E-state index in [4.69, 9.17) is 14.6 Å². The summed E-state index contributed by atoms with van der Waals surface area (Å²) in [6, 6.07) is 10.9. The lowest BCUT2D eigenvalue weighted by Crippen LogP contribution is -2.40. The summed E-state index contributed by atoms with van der Waals surface area (Å²) in [5.74, 6) is -1.80. The molecule has 0 aliphatic carbocycles. The SMILES string of the molecule is CCCCOC1Oc2ccccc2C(=O)C1=Nc1cccc(C(=O)O)c1O. The van der Waals surface area contributed by atoms with Gasteiger partial charge >= 0.3 is 5.97 Å². The Morgan fingerprint density at radius 3 is 2.74 bits per heavy atom. The van der Waals surface area contributed by atoms with Gasteiger partial charge in [-0.1, -0.05) is 31.5 Å². The van der Waals surface area contributed by atoms with Gasteiger partial charge < -0.3 is 19.7 Å².